The van der Waals surface area contributed by atoms with Crippen LogP contribution in [0.2, 0.25) is 0 Å². The number of nitrogens with one attached hydrogen (secondary N) is 2. The van der Waals surface area contributed by atoms with E-state index in [0.29, 0.717) is 17.0 Å². The van der Waals surface area contributed by atoms with Gasteiger partial charge in [-0.15, -0.1) is 11.8 Å². The van der Waals surface area contributed by atoms with Crippen LogP contribution < -0.4 is 20.3 Å². The molecule has 7 nitrogen and oxygen atoms in total. The number of thioether (sulfide) groups is 1. The number of likely N-dealkylation sites (tertiary alicyclic amines) is 1. The number of hydrogen-bond acceptors (Lipinski definition) is 6. The topological polar surface area (TPSA) is 73.9 Å². The maximum Gasteiger partial charge on any atom is 0.259 e. The van der Waals surface area contributed by atoms with Crippen LogP contribution in [0.1, 0.15) is 46.4 Å². The molecule has 2 aliphatic heterocycles. The zero-order valence-corrected chi connectivity index (χ0v) is 23.7. The second-order valence-electron chi connectivity index (χ2n) is 10.3. The van der Waals surface area contributed by atoms with Crippen LogP contribution in [-0.4, -0.2) is 62.3 Å². The summed E-state index contributed by atoms with van der Waals surface area (Å²) < 4.78 is 20.7. The summed E-state index contributed by atoms with van der Waals surface area (Å²) in [6, 6.07) is 16.8. The van der Waals surface area contributed by atoms with Crippen molar-refractivity contribution in [3.05, 3.63) is 77.6 Å². The number of piperidine rings is 1. The summed E-state index contributed by atoms with van der Waals surface area (Å²) >= 11 is 1.60. The lowest BCUT2D eigenvalue weighted by atomic mass is 10.1. The SMILES string of the molecule is CSc1ccc(NC(=O)c2cc(F)ccc2NC(=O)c2ccc(N3CCCC3)cc2OC2CCN(C)CC2)cc1. The second-order valence-corrected chi connectivity index (χ2v) is 11.2. The number of rotatable bonds is 8. The number of ether oxygens (including phenoxy) is 1. The molecular weight excluding hydrogens is 527 g/mol. The Morgan fingerprint density at radius 3 is 2.27 bits per heavy atom. The van der Waals surface area contributed by atoms with Gasteiger partial charge in [0.2, 0.25) is 0 Å². The first-order chi connectivity index (χ1) is 19.4. The Morgan fingerprint density at radius 1 is 0.875 bits per heavy atom. The summed E-state index contributed by atoms with van der Waals surface area (Å²) in [6.45, 7) is 3.83. The van der Waals surface area contributed by atoms with Gasteiger partial charge in [0, 0.05) is 48.5 Å². The van der Waals surface area contributed by atoms with Crippen LogP contribution in [0.3, 0.4) is 0 Å². The van der Waals surface area contributed by atoms with E-state index in [-0.39, 0.29) is 17.4 Å². The lowest BCUT2D eigenvalue weighted by Gasteiger charge is -2.30. The number of anilines is 3. The summed E-state index contributed by atoms with van der Waals surface area (Å²) in [6.07, 6.45) is 6.03. The Balaban J connectivity index is 1.38. The van der Waals surface area contributed by atoms with E-state index in [0.717, 1.165) is 68.5 Å². The Bertz CT molecular complexity index is 1350. The molecular formula is C31H35FN4O3S. The smallest absolute Gasteiger partial charge is 0.259 e. The molecule has 2 heterocycles. The van der Waals surface area contributed by atoms with Crippen LogP contribution >= 0.6 is 11.8 Å². The molecule has 2 saturated heterocycles. The number of carbonyl (C=O) groups is 2. The zero-order valence-electron chi connectivity index (χ0n) is 22.9. The van der Waals surface area contributed by atoms with Gasteiger partial charge in [0.25, 0.3) is 11.8 Å². The molecule has 3 aromatic carbocycles. The number of benzene rings is 3. The Labute approximate surface area is 239 Å². The first-order valence-corrected chi connectivity index (χ1v) is 14.9. The van der Waals surface area contributed by atoms with Crippen LogP contribution in [0.25, 0.3) is 0 Å². The van der Waals surface area contributed by atoms with Crippen LogP contribution in [0.4, 0.5) is 21.5 Å². The van der Waals surface area contributed by atoms with Crippen LogP contribution in [0.15, 0.2) is 65.6 Å². The minimum absolute atomic E-state index is 0.0150. The number of nitrogens with zero attached hydrogens (tertiary/aromatic N) is 2. The van der Waals surface area contributed by atoms with E-state index in [2.05, 4.69) is 27.5 Å². The quantitative estimate of drug-likeness (QED) is 0.322. The molecule has 0 spiro atoms. The van der Waals surface area contributed by atoms with Crippen LogP contribution in [0.5, 0.6) is 5.75 Å². The van der Waals surface area contributed by atoms with E-state index in [9.17, 15) is 14.0 Å². The lowest BCUT2D eigenvalue weighted by molar-refractivity contribution is 0.0989. The number of carbonyl (C=O) groups excluding carboxylic acids is 2. The predicted octanol–water partition coefficient (Wildman–Crippen LogP) is 6.13. The molecule has 0 saturated carbocycles. The van der Waals surface area contributed by atoms with Crippen molar-refractivity contribution in [2.24, 2.45) is 0 Å². The highest BCUT2D eigenvalue weighted by atomic mass is 32.2. The van der Waals surface area contributed by atoms with Gasteiger partial charge in [0.15, 0.2) is 0 Å². The molecule has 2 N–H and O–H groups in total. The molecule has 2 aliphatic rings. The highest BCUT2D eigenvalue weighted by molar-refractivity contribution is 7.98. The van der Waals surface area contributed by atoms with Gasteiger partial charge in [0.05, 0.1) is 16.8 Å². The molecule has 0 atom stereocenters. The third-order valence-electron chi connectivity index (χ3n) is 7.46. The summed E-state index contributed by atoms with van der Waals surface area (Å²) in [5.41, 5.74) is 2.25. The van der Waals surface area contributed by atoms with Gasteiger partial charge in [0.1, 0.15) is 17.7 Å². The molecule has 0 bridgehead atoms. The van der Waals surface area contributed by atoms with E-state index in [4.69, 9.17) is 4.74 Å². The normalized spacial score (nSPS) is 16.1. The van der Waals surface area contributed by atoms with Gasteiger partial charge in [-0.05, 0) is 93.6 Å². The summed E-state index contributed by atoms with van der Waals surface area (Å²) in [7, 11) is 2.10. The molecule has 9 heteroatoms. The first kappa shape index (κ1) is 28.0. The van der Waals surface area contributed by atoms with Crippen LogP contribution in [0, 0.1) is 5.82 Å². The Hall–Kier alpha value is -3.56. The van der Waals surface area contributed by atoms with Crippen LogP contribution in [-0.2, 0) is 0 Å². The van der Waals surface area contributed by atoms with Crippen molar-refractivity contribution in [2.75, 3.05) is 55.0 Å². The molecule has 210 valence electrons. The summed E-state index contributed by atoms with van der Waals surface area (Å²) in [4.78, 5) is 32.4. The fourth-order valence-electron chi connectivity index (χ4n) is 5.13. The van der Waals surface area contributed by atoms with Gasteiger partial charge in [-0.2, -0.15) is 0 Å². The largest absolute Gasteiger partial charge is 0.489 e. The molecule has 0 radical (unpaired) electrons. The van der Waals surface area contributed by atoms with Gasteiger partial charge < -0.3 is 25.2 Å². The van der Waals surface area contributed by atoms with E-state index < -0.39 is 17.6 Å². The average molecular weight is 563 g/mol. The molecule has 40 heavy (non-hydrogen) atoms. The van der Waals surface area contributed by atoms with Crippen molar-refractivity contribution in [1.82, 2.24) is 4.90 Å². The zero-order chi connectivity index (χ0) is 28.1. The highest BCUT2D eigenvalue weighted by Crippen LogP contribution is 2.31. The second kappa shape index (κ2) is 12.7. The van der Waals surface area contributed by atoms with E-state index >= 15 is 0 Å². The standard InChI is InChI=1S/C31H35FN4O3S/c1-35-17-13-24(14-18-35)39-29-20-23(36-15-3-4-16-36)8-11-26(29)30(37)34-28-12-5-21(32)19-27(28)31(38)33-22-6-9-25(40-2)10-7-22/h5-12,19-20,24H,3-4,13-18H2,1-2H3,(H,33,38)(H,34,37). The van der Waals surface area contributed by atoms with E-state index in [1.54, 1.807) is 30.0 Å². The van der Waals surface area contributed by atoms with Crippen molar-refractivity contribution in [3.63, 3.8) is 0 Å². The maximum absolute atomic E-state index is 14.2. The van der Waals surface area contributed by atoms with Crippen molar-refractivity contribution in [2.45, 2.75) is 36.7 Å². The molecule has 3 aromatic rings. The fourth-order valence-corrected chi connectivity index (χ4v) is 5.53. The predicted molar refractivity (Wildman–Crippen MR) is 160 cm³/mol. The number of hydrogen-bond donors (Lipinski definition) is 2. The monoisotopic (exact) mass is 562 g/mol. The summed E-state index contributed by atoms with van der Waals surface area (Å²) in [5, 5.41) is 5.64. The van der Waals surface area contributed by atoms with Crippen molar-refractivity contribution >= 4 is 40.6 Å². The van der Waals surface area contributed by atoms with Crippen molar-refractivity contribution < 1.29 is 18.7 Å². The van der Waals surface area contributed by atoms with Gasteiger partial charge in [-0.3, -0.25) is 9.59 Å². The molecule has 0 aliphatic carbocycles. The highest BCUT2D eigenvalue weighted by Gasteiger charge is 2.24. The molecule has 2 fully saturated rings. The van der Waals surface area contributed by atoms with Gasteiger partial charge in [-0.25, -0.2) is 4.39 Å². The molecule has 5 rings (SSSR count). The third kappa shape index (κ3) is 6.77. The Morgan fingerprint density at radius 2 is 1.57 bits per heavy atom. The number of halogens is 1. The maximum atomic E-state index is 14.2. The van der Waals surface area contributed by atoms with E-state index in [1.807, 2.05) is 30.5 Å². The third-order valence-corrected chi connectivity index (χ3v) is 8.21. The number of amides is 2. The summed E-state index contributed by atoms with van der Waals surface area (Å²) in [5.74, 6) is -0.972. The molecule has 0 unspecified atom stereocenters. The molecule has 2 amide bonds. The van der Waals surface area contributed by atoms with Gasteiger partial charge in [-0.1, -0.05) is 0 Å². The van der Waals surface area contributed by atoms with Crippen molar-refractivity contribution in [1.29, 1.82) is 0 Å². The average Bonchev–Trinajstić information content (AvgIpc) is 3.51. The van der Waals surface area contributed by atoms with Crippen molar-refractivity contribution in [3.8, 4) is 5.75 Å². The van der Waals surface area contributed by atoms with Gasteiger partial charge >= 0.3 is 0 Å². The lowest BCUT2D eigenvalue weighted by Crippen LogP contribution is -2.36. The fraction of sp³-hybridized carbons (Fsp3) is 0.355. The minimum atomic E-state index is -0.567. The van der Waals surface area contributed by atoms with E-state index in [1.165, 1.54) is 12.1 Å². The molecule has 0 aromatic heterocycles. The minimum Gasteiger partial charge on any atom is -0.489 e. The Kier molecular flexibility index (Phi) is 8.91. The first-order valence-electron chi connectivity index (χ1n) is 13.7.